The first kappa shape index (κ1) is 19.8. The van der Waals surface area contributed by atoms with Gasteiger partial charge in [-0.1, -0.05) is 6.07 Å². The number of amides is 1. The minimum absolute atomic E-state index is 0.146. The number of piperazine rings is 1. The van der Waals surface area contributed by atoms with Gasteiger partial charge in [-0.15, -0.1) is 0 Å². The highest BCUT2D eigenvalue weighted by Crippen LogP contribution is 2.17. The number of rotatable bonds is 9. The predicted octanol–water partition coefficient (Wildman–Crippen LogP) is -4.93. The van der Waals surface area contributed by atoms with E-state index >= 15 is 0 Å². The van der Waals surface area contributed by atoms with Crippen LogP contribution in [-0.4, -0.2) is 62.1 Å². The summed E-state index contributed by atoms with van der Waals surface area (Å²) < 4.78 is 0. The average molecular weight is 367 g/mol. The van der Waals surface area contributed by atoms with Crippen LogP contribution in [0.15, 0.2) is 24.3 Å². The van der Waals surface area contributed by atoms with Gasteiger partial charge in [0.2, 0.25) is 5.91 Å². The third-order valence-corrected chi connectivity index (χ3v) is 4.40. The number of non-ortho nitro benzene ring substituents is 1. The molecule has 1 saturated heterocycles. The second-order valence-corrected chi connectivity index (χ2v) is 6.38. The normalized spacial score (nSPS) is 16.0. The molecule has 142 valence electrons. The first-order valence-corrected chi connectivity index (χ1v) is 8.69. The number of nitrogens with two attached hydrogens (primary N) is 2. The molecule has 1 aliphatic rings. The lowest BCUT2D eigenvalue weighted by Gasteiger charge is -2.22. The standard InChI is InChI=1S/C16H23N5O5/c22-15(19-12-2-1-3-13(10-12)21(25)26)11-14(16(23)24)18-6-9-20-7-4-17-5-8-20/h1-3,10,14,17-18H,4-9,11H2,(H,19,22)(H,23,24)/p+2/t14-/m0/s1. The van der Waals surface area contributed by atoms with Gasteiger partial charge in [-0.3, -0.25) is 14.9 Å². The number of carboxylic acids is 1. The van der Waals surface area contributed by atoms with Crippen LogP contribution in [0.5, 0.6) is 0 Å². The molecule has 1 aromatic rings. The number of nitro groups is 1. The molecule has 2 rings (SSSR count). The molecule has 6 N–H and O–H groups in total. The number of aliphatic carboxylic acids is 1. The lowest BCUT2D eigenvalue weighted by molar-refractivity contribution is -0.955. The quantitative estimate of drug-likeness (QED) is 0.255. The van der Waals surface area contributed by atoms with Crippen LogP contribution in [-0.2, 0) is 9.59 Å². The highest BCUT2D eigenvalue weighted by molar-refractivity contribution is 5.93. The summed E-state index contributed by atoms with van der Waals surface area (Å²) in [5, 5.41) is 28.4. The van der Waals surface area contributed by atoms with Crippen LogP contribution < -0.4 is 26.0 Å². The molecular formula is C16H25N5O5+2. The molecule has 1 aromatic carbocycles. The predicted molar refractivity (Wildman–Crippen MR) is 89.2 cm³/mol. The summed E-state index contributed by atoms with van der Waals surface area (Å²) >= 11 is 0. The minimum atomic E-state index is -1.29. The number of nitrogens with zero attached hydrogens (tertiary/aromatic N) is 1. The van der Waals surface area contributed by atoms with Crippen molar-refractivity contribution in [3.05, 3.63) is 34.4 Å². The Hall–Kier alpha value is -2.56. The zero-order valence-corrected chi connectivity index (χ0v) is 14.5. The molecule has 0 bridgehead atoms. The summed E-state index contributed by atoms with van der Waals surface area (Å²) in [5.41, 5.74) is 0.114. The molecule has 0 spiro atoms. The van der Waals surface area contributed by atoms with Gasteiger partial charge in [-0.25, -0.2) is 0 Å². The number of carbonyl (C=O) groups excluding carboxylic acids is 2. The van der Waals surface area contributed by atoms with Crippen LogP contribution in [0.4, 0.5) is 11.4 Å². The second-order valence-electron chi connectivity index (χ2n) is 6.38. The Bertz CT molecular complexity index is 648. The van der Waals surface area contributed by atoms with Crippen LogP contribution in [0.3, 0.4) is 0 Å². The smallest absolute Gasteiger partial charge is 0.271 e. The van der Waals surface area contributed by atoms with E-state index < -0.39 is 22.8 Å². The molecule has 0 saturated carbocycles. The first-order valence-electron chi connectivity index (χ1n) is 8.69. The summed E-state index contributed by atoms with van der Waals surface area (Å²) in [5.74, 6) is -1.81. The van der Waals surface area contributed by atoms with Crippen molar-refractivity contribution in [2.75, 3.05) is 44.6 Å². The maximum Gasteiger partial charge on any atom is 0.271 e. The van der Waals surface area contributed by atoms with Gasteiger partial charge in [0, 0.05) is 17.8 Å². The number of hydrogen-bond acceptors (Lipinski definition) is 5. The third-order valence-electron chi connectivity index (χ3n) is 4.40. The van der Waals surface area contributed by atoms with Gasteiger partial charge in [0.05, 0.1) is 17.3 Å². The number of anilines is 1. The van der Waals surface area contributed by atoms with Gasteiger partial charge in [-0.2, -0.15) is 0 Å². The average Bonchev–Trinajstić information content (AvgIpc) is 2.61. The van der Waals surface area contributed by atoms with Crippen molar-refractivity contribution in [2.24, 2.45) is 0 Å². The number of hydrogen-bond donors (Lipinski definition) is 4. The Balaban J connectivity index is 1.82. The van der Waals surface area contributed by atoms with Crippen molar-refractivity contribution >= 4 is 23.3 Å². The Morgan fingerprint density at radius 3 is 2.73 bits per heavy atom. The number of carboxylic acid groups (broad SMARTS) is 1. The number of quaternary nitrogens is 3. The molecule has 26 heavy (non-hydrogen) atoms. The van der Waals surface area contributed by atoms with Crippen LogP contribution in [0.1, 0.15) is 6.42 Å². The molecular weight excluding hydrogens is 342 g/mol. The number of nitrogens with one attached hydrogen (secondary N) is 2. The Morgan fingerprint density at radius 1 is 1.35 bits per heavy atom. The monoisotopic (exact) mass is 367 g/mol. The molecule has 1 fully saturated rings. The van der Waals surface area contributed by atoms with E-state index in [1.54, 1.807) is 5.32 Å². The largest absolute Gasteiger partial charge is 0.544 e. The SMILES string of the molecule is O=C(C[C@H]([NH2+]CC[NH+]1CC[NH2+]CC1)C(=O)[O-])Nc1cccc([N+](=O)[O-])c1. The molecule has 1 amide bonds. The topological polar surface area (TPSA) is 150 Å². The lowest BCUT2D eigenvalue weighted by Crippen LogP contribution is -3.22. The van der Waals surface area contributed by atoms with Crippen molar-refractivity contribution in [1.82, 2.24) is 0 Å². The fourth-order valence-electron chi connectivity index (χ4n) is 2.99. The van der Waals surface area contributed by atoms with E-state index in [4.69, 9.17) is 0 Å². The van der Waals surface area contributed by atoms with E-state index in [0.29, 0.717) is 6.54 Å². The maximum absolute atomic E-state index is 12.1. The van der Waals surface area contributed by atoms with Gasteiger partial charge in [0.25, 0.3) is 5.69 Å². The van der Waals surface area contributed by atoms with Crippen molar-refractivity contribution < 1.29 is 35.2 Å². The summed E-state index contributed by atoms with van der Waals surface area (Å²) in [6.45, 7) is 5.69. The van der Waals surface area contributed by atoms with Gasteiger partial charge < -0.3 is 30.8 Å². The Labute approximate surface area is 150 Å². The number of benzene rings is 1. The number of nitro benzene ring substituents is 1. The summed E-state index contributed by atoms with van der Waals surface area (Å²) in [6.07, 6.45) is -0.256. The van der Waals surface area contributed by atoms with Crippen molar-refractivity contribution in [1.29, 1.82) is 0 Å². The minimum Gasteiger partial charge on any atom is -0.544 e. The molecule has 1 atom stereocenters. The van der Waals surface area contributed by atoms with Crippen molar-refractivity contribution in [3.8, 4) is 0 Å². The van der Waals surface area contributed by atoms with Crippen LogP contribution in [0.25, 0.3) is 0 Å². The van der Waals surface area contributed by atoms with E-state index in [2.05, 4.69) is 10.6 Å². The zero-order chi connectivity index (χ0) is 18.9. The van der Waals surface area contributed by atoms with Crippen LogP contribution >= 0.6 is 0 Å². The first-order chi connectivity index (χ1) is 12.5. The summed E-state index contributed by atoms with van der Waals surface area (Å²) in [4.78, 5) is 35.0. The summed E-state index contributed by atoms with van der Waals surface area (Å²) in [6, 6.07) is 4.53. The molecule has 0 unspecified atom stereocenters. The van der Waals surface area contributed by atoms with Gasteiger partial charge in [-0.05, 0) is 6.07 Å². The molecule has 0 aromatic heterocycles. The van der Waals surface area contributed by atoms with Gasteiger partial charge in [0.1, 0.15) is 45.3 Å². The highest BCUT2D eigenvalue weighted by Gasteiger charge is 2.21. The Kier molecular flexibility index (Phi) is 7.45. The molecule has 10 heteroatoms. The van der Waals surface area contributed by atoms with Gasteiger partial charge >= 0.3 is 0 Å². The Morgan fingerprint density at radius 2 is 2.08 bits per heavy atom. The highest BCUT2D eigenvalue weighted by atomic mass is 16.6. The summed E-state index contributed by atoms with van der Waals surface area (Å²) in [7, 11) is 0. The van der Waals surface area contributed by atoms with E-state index in [-0.39, 0.29) is 17.8 Å². The maximum atomic E-state index is 12.1. The fraction of sp³-hybridized carbons (Fsp3) is 0.500. The second kappa shape index (κ2) is 9.80. The molecule has 0 radical (unpaired) electrons. The number of carbonyl (C=O) groups is 2. The van der Waals surface area contributed by atoms with E-state index in [1.807, 2.05) is 0 Å². The molecule has 1 aliphatic heterocycles. The van der Waals surface area contributed by atoms with E-state index in [0.717, 1.165) is 32.7 Å². The molecule has 10 nitrogen and oxygen atoms in total. The fourth-order valence-corrected chi connectivity index (χ4v) is 2.99. The lowest BCUT2D eigenvalue weighted by atomic mass is 10.2. The zero-order valence-electron chi connectivity index (χ0n) is 14.5. The molecule has 0 aliphatic carbocycles. The van der Waals surface area contributed by atoms with Crippen LogP contribution in [0.2, 0.25) is 0 Å². The van der Waals surface area contributed by atoms with Crippen molar-refractivity contribution in [2.45, 2.75) is 12.5 Å². The van der Waals surface area contributed by atoms with Crippen LogP contribution in [0, 0.1) is 10.1 Å². The third kappa shape index (κ3) is 6.39. The van der Waals surface area contributed by atoms with E-state index in [9.17, 15) is 24.8 Å². The van der Waals surface area contributed by atoms with Gasteiger partial charge in [0.15, 0.2) is 0 Å². The van der Waals surface area contributed by atoms with E-state index in [1.165, 1.54) is 29.2 Å². The molecule has 1 heterocycles. The van der Waals surface area contributed by atoms with Crippen molar-refractivity contribution in [3.63, 3.8) is 0 Å².